The van der Waals surface area contributed by atoms with E-state index in [9.17, 15) is 0 Å². The van der Waals surface area contributed by atoms with Crippen molar-refractivity contribution in [2.75, 3.05) is 40.5 Å². The molecule has 1 aromatic heterocycles. The number of rotatable bonds is 5. The van der Waals surface area contributed by atoms with Crippen LogP contribution >= 0.6 is 0 Å². The van der Waals surface area contributed by atoms with Crippen LogP contribution in [0.15, 0.2) is 42.5 Å². The molecule has 152 valence electrons. The fraction of sp³-hybridized carbons (Fsp3) is 0.375. The Balaban J connectivity index is 1.81. The normalized spacial score (nSPS) is 15.3. The maximum atomic E-state index is 5.63. The lowest BCUT2D eigenvalue weighted by atomic mass is 10.0. The molecule has 1 aliphatic rings. The van der Waals surface area contributed by atoms with Crippen molar-refractivity contribution in [3.8, 4) is 22.8 Å². The van der Waals surface area contributed by atoms with Gasteiger partial charge in [0.2, 0.25) is 0 Å². The van der Waals surface area contributed by atoms with Crippen molar-refractivity contribution in [1.29, 1.82) is 0 Å². The van der Waals surface area contributed by atoms with Gasteiger partial charge in [0.15, 0.2) is 11.5 Å². The first-order chi connectivity index (χ1) is 14.2. The molecule has 2 heterocycles. The summed E-state index contributed by atoms with van der Waals surface area (Å²) in [7, 11) is 3.32. The van der Waals surface area contributed by atoms with E-state index < -0.39 is 0 Å². The van der Waals surface area contributed by atoms with Gasteiger partial charge < -0.3 is 14.2 Å². The largest absolute Gasteiger partial charge is 0.493 e. The van der Waals surface area contributed by atoms with Crippen LogP contribution in [0, 0.1) is 6.92 Å². The Morgan fingerprint density at radius 3 is 2.66 bits per heavy atom. The molecule has 1 saturated heterocycles. The molecule has 0 unspecified atom stereocenters. The first-order valence-corrected chi connectivity index (χ1v) is 10.1. The summed E-state index contributed by atoms with van der Waals surface area (Å²) in [5.41, 5.74) is 5.47. The van der Waals surface area contributed by atoms with Crippen molar-refractivity contribution in [1.82, 2.24) is 9.88 Å². The summed E-state index contributed by atoms with van der Waals surface area (Å²) < 4.78 is 16.6. The summed E-state index contributed by atoms with van der Waals surface area (Å²) in [6, 6.07) is 14.7. The summed E-state index contributed by atoms with van der Waals surface area (Å²) in [6.45, 7) is 6.56. The topological polar surface area (TPSA) is 43.8 Å². The van der Waals surface area contributed by atoms with Crippen molar-refractivity contribution in [3.63, 3.8) is 0 Å². The molecular formula is C24H28N2O3. The molecule has 3 aromatic rings. The van der Waals surface area contributed by atoms with Crippen molar-refractivity contribution < 1.29 is 14.2 Å². The quantitative estimate of drug-likeness (QED) is 0.642. The lowest BCUT2D eigenvalue weighted by Crippen LogP contribution is -2.26. The summed E-state index contributed by atoms with van der Waals surface area (Å²) in [4.78, 5) is 7.52. The molecule has 1 aliphatic heterocycles. The zero-order valence-electron chi connectivity index (χ0n) is 17.4. The lowest BCUT2D eigenvalue weighted by molar-refractivity contribution is 0.140. The highest BCUT2D eigenvalue weighted by Crippen LogP contribution is 2.34. The minimum Gasteiger partial charge on any atom is -0.493 e. The molecule has 0 spiro atoms. The van der Waals surface area contributed by atoms with Gasteiger partial charge in [-0.05, 0) is 54.8 Å². The number of fused-ring (bicyclic) bond motifs is 1. The minimum atomic E-state index is 0.713. The third kappa shape index (κ3) is 4.36. The zero-order valence-corrected chi connectivity index (χ0v) is 17.4. The molecule has 5 nitrogen and oxygen atoms in total. The van der Waals surface area contributed by atoms with Crippen LogP contribution in [0.2, 0.25) is 0 Å². The van der Waals surface area contributed by atoms with Crippen molar-refractivity contribution >= 4 is 10.9 Å². The van der Waals surface area contributed by atoms with Gasteiger partial charge >= 0.3 is 0 Å². The van der Waals surface area contributed by atoms with Gasteiger partial charge in [0.05, 0.1) is 32.0 Å². The molecule has 0 saturated carbocycles. The summed E-state index contributed by atoms with van der Waals surface area (Å²) in [5.74, 6) is 1.43. The van der Waals surface area contributed by atoms with Gasteiger partial charge in [0, 0.05) is 37.2 Å². The maximum Gasteiger partial charge on any atom is 0.161 e. The predicted molar refractivity (Wildman–Crippen MR) is 116 cm³/mol. The minimum absolute atomic E-state index is 0.713. The van der Waals surface area contributed by atoms with Crippen molar-refractivity contribution in [2.24, 2.45) is 0 Å². The van der Waals surface area contributed by atoms with E-state index in [0.29, 0.717) is 5.75 Å². The molecule has 0 aliphatic carbocycles. The van der Waals surface area contributed by atoms with Gasteiger partial charge in [-0.1, -0.05) is 12.1 Å². The van der Waals surface area contributed by atoms with Gasteiger partial charge in [-0.2, -0.15) is 0 Å². The second kappa shape index (κ2) is 8.80. The molecular weight excluding hydrogens is 364 g/mol. The second-order valence-corrected chi connectivity index (χ2v) is 7.50. The zero-order chi connectivity index (χ0) is 20.2. The fourth-order valence-corrected chi connectivity index (χ4v) is 3.87. The predicted octanol–water partition coefficient (Wildman–Crippen LogP) is 4.45. The average molecular weight is 392 g/mol. The summed E-state index contributed by atoms with van der Waals surface area (Å²) in [6.07, 6.45) is 1.06. The Labute approximate surface area is 172 Å². The lowest BCUT2D eigenvalue weighted by Gasteiger charge is -2.21. The van der Waals surface area contributed by atoms with E-state index in [-0.39, 0.29) is 0 Å². The van der Waals surface area contributed by atoms with Crippen molar-refractivity contribution in [2.45, 2.75) is 19.9 Å². The summed E-state index contributed by atoms with van der Waals surface area (Å²) >= 11 is 0. The van der Waals surface area contributed by atoms with E-state index in [4.69, 9.17) is 19.2 Å². The second-order valence-electron chi connectivity index (χ2n) is 7.50. The van der Waals surface area contributed by atoms with Crippen molar-refractivity contribution in [3.05, 3.63) is 53.6 Å². The van der Waals surface area contributed by atoms with Gasteiger partial charge in [-0.25, -0.2) is 4.98 Å². The van der Waals surface area contributed by atoms with Crippen LogP contribution in [0.3, 0.4) is 0 Å². The highest BCUT2D eigenvalue weighted by molar-refractivity contribution is 5.84. The van der Waals surface area contributed by atoms with Crippen LogP contribution in [0.4, 0.5) is 0 Å². The summed E-state index contributed by atoms with van der Waals surface area (Å²) in [5, 5.41) is 1.17. The monoisotopic (exact) mass is 392 g/mol. The number of benzene rings is 2. The standard InChI is InChI=1S/C24H28N2O3/c1-17-5-6-18-14-20(16-26-9-4-11-29-12-10-26)24(25-21(18)13-17)19-7-8-22(27-2)23(15-19)28-3/h5-8,13-15H,4,9-12,16H2,1-3H3. The number of aromatic nitrogens is 1. The number of nitrogens with zero attached hydrogens (tertiary/aromatic N) is 2. The smallest absolute Gasteiger partial charge is 0.161 e. The molecule has 4 rings (SSSR count). The van der Waals surface area contributed by atoms with Gasteiger partial charge in [-0.15, -0.1) is 0 Å². The average Bonchev–Trinajstić information content (AvgIpc) is 3.01. The Morgan fingerprint density at radius 1 is 0.966 bits per heavy atom. The van der Waals surface area contributed by atoms with Crippen LogP contribution in [-0.4, -0.2) is 50.4 Å². The Bertz CT molecular complexity index is 995. The fourth-order valence-electron chi connectivity index (χ4n) is 3.87. The number of ether oxygens (including phenoxy) is 3. The first-order valence-electron chi connectivity index (χ1n) is 10.1. The SMILES string of the molecule is COc1ccc(-c2nc3cc(C)ccc3cc2CN2CCCOCC2)cc1OC. The van der Waals surface area contributed by atoms with Gasteiger partial charge in [0.1, 0.15) is 0 Å². The number of pyridine rings is 1. The van der Waals surface area contributed by atoms with E-state index in [0.717, 1.165) is 61.8 Å². The van der Waals surface area contributed by atoms with E-state index in [1.807, 2.05) is 12.1 Å². The molecule has 0 N–H and O–H groups in total. The molecule has 2 aromatic carbocycles. The van der Waals surface area contributed by atoms with Crippen LogP contribution in [0.5, 0.6) is 11.5 Å². The number of aryl methyl sites for hydroxylation is 1. The van der Waals surface area contributed by atoms with Crippen LogP contribution in [0.25, 0.3) is 22.2 Å². The Kier molecular flexibility index (Phi) is 5.97. The Morgan fingerprint density at radius 2 is 1.83 bits per heavy atom. The maximum absolute atomic E-state index is 5.63. The highest BCUT2D eigenvalue weighted by Gasteiger charge is 2.16. The van der Waals surface area contributed by atoms with E-state index in [1.54, 1.807) is 14.2 Å². The highest BCUT2D eigenvalue weighted by atomic mass is 16.5. The molecule has 29 heavy (non-hydrogen) atoms. The van der Waals surface area contributed by atoms with Crippen LogP contribution in [0.1, 0.15) is 17.5 Å². The molecule has 0 atom stereocenters. The number of hydrogen-bond donors (Lipinski definition) is 0. The number of methoxy groups -OCH3 is 2. The molecule has 0 amide bonds. The molecule has 1 fully saturated rings. The first kappa shape index (κ1) is 19.7. The van der Waals surface area contributed by atoms with Crippen LogP contribution < -0.4 is 9.47 Å². The molecule has 5 heteroatoms. The third-order valence-electron chi connectivity index (χ3n) is 5.42. The molecule has 0 radical (unpaired) electrons. The van der Waals surface area contributed by atoms with E-state index in [1.165, 1.54) is 16.5 Å². The van der Waals surface area contributed by atoms with Crippen LogP contribution in [-0.2, 0) is 11.3 Å². The van der Waals surface area contributed by atoms with Gasteiger partial charge in [-0.3, -0.25) is 4.90 Å². The van der Waals surface area contributed by atoms with E-state index >= 15 is 0 Å². The van der Waals surface area contributed by atoms with E-state index in [2.05, 4.69) is 42.2 Å². The number of hydrogen-bond acceptors (Lipinski definition) is 5. The van der Waals surface area contributed by atoms with Gasteiger partial charge in [0.25, 0.3) is 0 Å². The molecule has 0 bridgehead atoms. The Hall–Kier alpha value is -2.63. The third-order valence-corrected chi connectivity index (χ3v) is 5.42.